The Labute approximate surface area is 640 Å². The Bertz CT molecular complexity index is 2100. The summed E-state index contributed by atoms with van der Waals surface area (Å²) in [5, 5.41) is 33.8. The molecule has 0 saturated carbocycles. The molecule has 1 fully saturated rings. The molecule has 0 aliphatic carbocycles. The SMILES string of the molecule is CCCCCCCC(=O)OCC(=O)COC(=O)CCCCCCC.CCCCCCCC(=O)OCC(COC(=O)CCCCCCC)OC(=O)CCC(=O)O.CCCCCCCC(=O)OCC(O)COC(=O)CCCCCCC.CCCCCCCCCCCC(=O)Cl.O=C(CO)CO.O=C1CCC(=O)O1. The number of carbonyl (C=O) groups is 13. The van der Waals surface area contributed by atoms with Crippen molar-refractivity contribution in [3.05, 3.63) is 0 Å². The summed E-state index contributed by atoms with van der Waals surface area (Å²) in [6.45, 7) is 12.6. The van der Waals surface area contributed by atoms with E-state index in [2.05, 4.69) is 53.2 Å². The number of carboxylic acid groups (broad SMARTS) is 1. The molecule has 0 spiro atoms. The van der Waals surface area contributed by atoms with Crippen LogP contribution in [0, 0.1) is 0 Å². The molecular formula is C80H143ClO25. The summed E-state index contributed by atoms with van der Waals surface area (Å²) in [5.41, 5.74) is 0. The Hall–Kier alpha value is -5.92. The van der Waals surface area contributed by atoms with E-state index in [4.69, 9.17) is 60.1 Å². The fraction of sp³-hybridized carbons (Fsp3) is 0.838. The Morgan fingerprint density at radius 3 is 0.802 bits per heavy atom. The minimum absolute atomic E-state index is 0.114. The molecule has 1 rings (SSSR count). The van der Waals surface area contributed by atoms with Crippen molar-refractivity contribution < 1.29 is 121 Å². The summed E-state index contributed by atoms with van der Waals surface area (Å²) in [4.78, 5) is 144. The first-order chi connectivity index (χ1) is 50.9. The number of Topliss-reactive ketones (excluding diaryl/α,β-unsaturated/α-hetero) is 2. The van der Waals surface area contributed by atoms with Crippen LogP contribution >= 0.6 is 11.6 Å². The summed E-state index contributed by atoms with van der Waals surface area (Å²) in [5.74, 6) is -5.68. The van der Waals surface area contributed by atoms with Crippen molar-refractivity contribution in [1.82, 2.24) is 0 Å². The van der Waals surface area contributed by atoms with Gasteiger partial charge >= 0.3 is 59.7 Å². The van der Waals surface area contributed by atoms with Gasteiger partial charge in [-0.1, -0.05) is 254 Å². The molecule has 0 aromatic heterocycles. The average Bonchev–Trinajstić information content (AvgIpc) is 1.72. The van der Waals surface area contributed by atoms with Crippen LogP contribution in [0.25, 0.3) is 0 Å². The first kappa shape index (κ1) is 109. The van der Waals surface area contributed by atoms with Gasteiger partial charge in [0.15, 0.2) is 25.1 Å². The number of ether oxygens (including phenoxy) is 8. The number of aliphatic hydroxyl groups excluding tert-OH is 3. The van der Waals surface area contributed by atoms with Gasteiger partial charge in [-0.15, -0.1) is 0 Å². The molecule has 1 heterocycles. The van der Waals surface area contributed by atoms with Crippen molar-refractivity contribution in [2.45, 2.75) is 382 Å². The second-order valence-electron chi connectivity index (χ2n) is 26.4. The molecule has 26 heteroatoms. The van der Waals surface area contributed by atoms with Gasteiger partial charge in [0.25, 0.3) is 0 Å². The highest BCUT2D eigenvalue weighted by molar-refractivity contribution is 6.63. The highest BCUT2D eigenvalue weighted by atomic mass is 35.5. The molecular weight excluding hydrogens is 1400 g/mol. The van der Waals surface area contributed by atoms with E-state index >= 15 is 0 Å². The van der Waals surface area contributed by atoms with E-state index in [-0.39, 0.29) is 113 Å². The minimum atomic E-state index is -1.11. The maximum atomic E-state index is 11.9. The molecule has 0 aromatic rings. The lowest BCUT2D eigenvalue weighted by Gasteiger charge is -2.18. The van der Waals surface area contributed by atoms with E-state index in [1.807, 2.05) is 0 Å². The zero-order chi connectivity index (χ0) is 80.3. The van der Waals surface area contributed by atoms with Gasteiger partial charge in [-0.25, -0.2) is 0 Å². The third kappa shape index (κ3) is 94.2. The number of esters is 9. The van der Waals surface area contributed by atoms with Gasteiger partial charge in [0.2, 0.25) is 11.0 Å². The lowest BCUT2D eigenvalue weighted by molar-refractivity contribution is -0.167. The lowest BCUT2D eigenvalue weighted by Crippen LogP contribution is -2.31. The van der Waals surface area contributed by atoms with Crippen molar-refractivity contribution in [1.29, 1.82) is 0 Å². The van der Waals surface area contributed by atoms with Crippen LogP contribution in [0.2, 0.25) is 0 Å². The van der Waals surface area contributed by atoms with Crippen LogP contribution in [0.4, 0.5) is 0 Å². The van der Waals surface area contributed by atoms with E-state index in [0.717, 1.165) is 167 Å². The summed E-state index contributed by atoms with van der Waals surface area (Å²) in [6, 6.07) is 0. The van der Waals surface area contributed by atoms with Crippen molar-refractivity contribution >= 4 is 88.1 Å². The molecule has 1 saturated heterocycles. The summed E-state index contributed by atoms with van der Waals surface area (Å²) in [6.07, 6.45) is 43.3. The van der Waals surface area contributed by atoms with Gasteiger partial charge in [-0.3, -0.25) is 62.3 Å². The number of rotatable bonds is 64. The summed E-state index contributed by atoms with van der Waals surface area (Å²) in [7, 11) is 0. The predicted molar refractivity (Wildman–Crippen MR) is 406 cm³/mol. The largest absolute Gasteiger partial charge is 0.481 e. The van der Waals surface area contributed by atoms with Crippen LogP contribution in [0.3, 0.4) is 0 Å². The standard InChI is InChI=1S/C23H40O8.C19H36O5.C19H34O5.C12H23ClO.C4H4O3.C3H6O3/c1-3-5-7-9-11-13-21(26)29-17-19(31-23(28)16-15-20(24)25)18-30-22(27)14-12-10-8-6-4-2;2*1-3-5-7-9-11-13-18(21)23-15-17(20)16-24-19(22)14-12-10-8-6-4-2;1-2-3-4-5-6-7-8-9-10-11-12(13)14;5-3-1-2-4(6)7-3;4-1-3(6)2-5/h19H,3-18H2,1-2H3,(H,24,25);17,20H,3-16H2,1-2H3;3-16H2,1-2H3;2-11H2,1H3;1-2H2;4-5H,1-2H2. The number of aliphatic carboxylic acids is 1. The third-order valence-corrected chi connectivity index (χ3v) is 16.0. The first-order valence-electron chi connectivity index (χ1n) is 40.1. The molecule has 0 unspecified atom stereocenters. The molecule has 0 amide bonds. The predicted octanol–water partition coefficient (Wildman–Crippen LogP) is 16.2. The normalized spacial score (nSPS) is 11.1. The van der Waals surface area contributed by atoms with E-state index in [9.17, 15) is 67.4 Å². The fourth-order valence-corrected chi connectivity index (χ4v) is 9.59. The number of hydrogen-bond donors (Lipinski definition) is 4. The van der Waals surface area contributed by atoms with Gasteiger partial charge < -0.3 is 58.3 Å². The molecule has 25 nitrogen and oxygen atoms in total. The average molecular weight is 1540 g/mol. The lowest BCUT2D eigenvalue weighted by atomic mass is 10.1. The van der Waals surface area contributed by atoms with Gasteiger partial charge in [-0.2, -0.15) is 0 Å². The number of carbonyl (C=O) groups excluding carboxylic acids is 12. The van der Waals surface area contributed by atoms with E-state index < -0.39 is 67.0 Å². The Morgan fingerprint density at radius 1 is 0.330 bits per heavy atom. The molecule has 620 valence electrons. The topological polar surface area (TPSA) is 377 Å². The van der Waals surface area contributed by atoms with Crippen LogP contribution in [-0.2, 0) is 100 Å². The third-order valence-electron chi connectivity index (χ3n) is 15.9. The molecule has 0 radical (unpaired) electrons. The van der Waals surface area contributed by atoms with Gasteiger partial charge in [0.1, 0.15) is 45.7 Å². The van der Waals surface area contributed by atoms with Crippen LogP contribution < -0.4 is 0 Å². The first-order valence-corrected chi connectivity index (χ1v) is 40.5. The molecule has 0 aromatic carbocycles. The van der Waals surface area contributed by atoms with E-state index in [1.165, 1.54) is 83.5 Å². The smallest absolute Gasteiger partial charge is 0.314 e. The number of halogens is 1. The number of cyclic esters (lactones) is 2. The minimum Gasteiger partial charge on any atom is -0.481 e. The van der Waals surface area contributed by atoms with E-state index in [0.29, 0.717) is 32.1 Å². The van der Waals surface area contributed by atoms with Crippen molar-refractivity contribution in [3.8, 4) is 0 Å². The highest BCUT2D eigenvalue weighted by Crippen LogP contribution is 2.15. The molecule has 106 heavy (non-hydrogen) atoms. The maximum absolute atomic E-state index is 11.9. The van der Waals surface area contributed by atoms with Crippen LogP contribution in [-0.4, -0.2) is 162 Å². The van der Waals surface area contributed by atoms with Crippen molar-refractivity contribution in [2.24, 2.45) is 0 Å². The monoisotopic (exact) mass is 1540 g/mol. The molecule has 0 bridgehead atoms. The molecule has 0 atom stereocenters. The highest BCUT2D eigenvalue weighted by Gasteiger charge is 2.22. The van der Waals surface area contributed by atoms with Crippen LogP contribution in [0.15, 0.2) is 0 Å². The summed E-state index contributed by atoms with van der Waals surface area (Å²) >= 11 is 5.24. The Morgan fingerprint density at radius 2 is 0.575 bits per heavy atom. The zero-order valence-electron chi connectivity index (χ0n) is 66.4. The quantitative estimate of drug-likeness (QED) is 0.0144. The number of ketones is 2. The molecule has 4 N–H and O–H groups in total. The van der Waals surface area contributed by atoms with Gasteiger partial charge in [0.05, 0.1) is 25.7 Å². The summed E-state index contributed by atoms with van der Waals surface area (Å²) < 4.78 is 39.3. The maximum Gasteiger partial charge on any atom is 0.314 e. The number of aliphatic hydroxyl groups is 3. The molecule has 1 aliphatic rings. The van der Waals surface area contributed by atoms with Gasteiger partial charge in [0, 0.05) is 44.9 Å². The van der Waals surface area contributed by atoms with Gasteiger partial charge in [-0.05, 0) is 56.5 Å². The van der Waals surface area contributed by atoms with Crippen LogP contribution in [0.1, 0.15) is 370 Å². The second kappa shape index (κ2) is 86.3. The zero-order valence-corrected chi connectivity index (χ0v) is 67.2. The number of unbranched alkanes of at least 4 members (excludes halogenated alkanes) is 32. The number of carboxylic acids is 1. The fourth-order valence-electron chi connectivity index (χ4n) is 9.46. The molecule has 1 aliphatic heterocycles. The Kier molecular flexibility index (Phi) is 88.5. The second-order valence-corrected chi connectivity index (χ2v) is 26.8. The Balaban J connectivity index is -0.000000412. The number of hydrogen-bond acceptors (Lipinski definition) is 24. The van der Waals surface area contributed by atoms with Crippen molar-refractivity contribution in [3.63, 3.8) is 0 Å². The van der Waals surface area contributed by atoms with E-state index in [1.54, 1.807) is 0 Å². The van der Waals surface area contributed by atoms with Crippen molar-refractivity contribution in [2.75, 3.05) is 52.9 Å². The van der Waals surface area contributed by atoms with Crippen LogP contribution in [0.5, 0.6) is 0 Å².